The number of benzene rings is 3. The highest BCUT2D eigenvalue weighted by atomic mass is 32.2. The lowest BCUT2D eigenvalue weighted by Crippen LogP contribution is -2.28. The fourth-order valence-corrected chi connectivity index (χ4v) is 3.67. The molecule has 0 spiro atoms. The standard InChI is InChI=1S/C23H24N2O3S/c1-25(17-18-12-14-20(15-13-18)19-8-4-3-5-9-19)23(26)16-21-10-6-7-11-22(21)24-29(2,27)28/h3-15,24H,16-17H2,1-2H3. The van der Waals surface area contributed by atoms with E-state index in [1.54, 1.807) is 36.2 Å². The first-order chi connectivity index (χ1) is 13.8. The van der Waals surface area contributed by atoms with Crippen LogP contribution in [0.2, 0.25) is 0 Å². The molecule has 0 fully saturated rings. The zero-order chi connectivity index (χ0) is 20.9. The number of nitrogens with one attached hydrogen (secondary N) is 1. The maximum absolute atomic E-state index is 12.7. The number of nitrogens with zero attached hydrogens (tertiary/aromatic N) is 1. The van der Waals surface area contributed by atoms with Gasteiger partial charge < -0.3 is 4.90 Å². The Kier molecular flexibility index (Phi) is 6.34. The number of sulfonamides is 1. The molecule has 0 atom stereocenters. The van der Waals surface area contributed by atoms with E-state index in [1.165, 1.54) is 0 Å². The van der Waals surface area contributed by atoms with Crippen molar-refractivity contribution in [3.05, 3.63) is 90.0 Å². The summed E-state index contributed by atoms with van der Waals surface area (Å²) in [6, 6.07) is 25.2. The minimum Gasteiger partial charge on any atom is -0.341 e. The van der Waals surface area contributed by atoms with Crippen LogP contribution in [0, 0.1) is 0 Å². The van der Waals surface area contributed by atoms with E-state index in [-0.39, 0.29) is 12.3 Å². The molecule has 3 aromatic rings. The number of carbonyl (C=O) groups excluding carboxylic acids is 1. The molecule has 0 radical (unpaired) electrons. The third kappa shape index (κ3) is 5.93. The molecule has 0 aliphatic carbocycles. The van der Waals surface area contributed by atoms with Gasteiger partial charge in [-0.3, -0.25) is 9.52 Å². The van der Waals surface area contributed by atoms with Crippen molar-refractivity contribution in [3.63, 3.8) is 0 Å². The predicted molar refractivity (Wildman–Crippen MR) is 117 cm³/mol. The van der Waals surface area contributed by atoms with Crippen LogP contribution in [0.25, 0.3) is 11.1 Å². The molecule has 6 heteroatoms. The summed E-state index contributed by atoms with van der Waals surface area (Å²) in [5.74, 6) is -0.0834. The molecule has 3 aromatic carbocycles. The molecule has 0 aliphatic heterocycles. The lowest BCUT2D eigenvalue weighted by Gasteiger charge is -2.19. The second kappa shape index (κ2) is 8.92. The number of amides is 1. The summed E-state index contributed by atoms with van der Waals surface area (Å²) in [5, 5.41) is 0. The van der Waals surface area contributed by atoms with Gasteiger partial charge in [0.1, 0.15) is 0 Å². The minimum absolute atomic E-state index is 0.0834. The van der Waals surface area contributed by atoms with Crippen LogP contribution in [0.15, 0.2) is 78.9 Å². The summed E-state index contributed by atoms with van der Waals surface area (Å²) in [6.45, 7) is 0.482. The molecule has 0 aliphatic rings. The van der Waals surface area contributed by atoms with Gasteiger partial charge in [0, 0.05) is 13.6 Å². The zero-order valence-electron chi connectivity index (χ0n) is 16.5. The van der Waals surface area contributed by atoms with Crippen LogP contribution in [-0.2, 0) is 27.8 Å². The zero-order valence-corrected chi connectivity index (χ0v) is 17.3. The van der Waals surface area contributed by atoms with E-state index in [2.05, 4.69) is 16.9 Å². The Bertz CT molecular complexity index is 1080. The van der Waals surface area contributed by atoms with Crippen LogP contribution in [0.4, 0.5) is 5.69 Å². The van der Waals surface area contributed by atoms with Crippen molar-refractivity contribution in [2.75, 3.05) is 18.0 Å². The van der Waals surface area contributed by atoms with E-state index in [4.69, 9.17) is 0 Å². The number of anilines is 1. The maximum atomic E-state index is 12.7. The molecule has 0 aromatic heterocycles. The maximum Gasteiger partial charge on any atom is 0.229 e. The molecule has 0 saturated carbocycles. The average molecular weight is 409 g/mol. The largest absolute Gasteiger partial charge is 0.341 e. The Morgan fingerprint density at radius 2 is 1.45 bits per heavy atom. The third-order valence-electron chi connectivity index (χ3n) is 4.56. The van der Waals surface area contributed by atoms with Gasteiger partial charge in [0.05, 0.1) is 18.4 Å². The molecule has 0 heterocycles. The van der Waals surface area contributed by atoms with Crippen LogP contribution in [0.5, 0.6) is 0 Å². The van der Waals surface area contributed by atoms with Crippen molar-refractivity contribution in [1.82, 2.24) is 4.90 Å². The van der Waals surface area contributed by atoms with Gasteiger partial charge in [-0.2, -0.15) is 0 Å². The van der Waals surface area contributed by atoms with Crippen molar-refractivity contribution in [2.24, 2.45) is 0 Å². The Morgan fingerprint density at radius 1 is 0.862 bits per heavy atom. The van der Waals surface area contributed by atoms with Crippen molar-refractivity contribution in [1.29, 1.82) is 0 Å². The van der Waals surface area contributed by atoms with Gasteiger partial charge in [-0.1, -0.05) is 72.8 Å². The Morgan fingerprint density at radius 3 is 2.10 bits per heavy atom. The topological polar surface area (TPSA) is 66.5 Å². The van der Waals surface area contributed by atoms with Crippen LogP contribution in [0.3, 0.4) is 0 Å². The highest BCUT2D eigenvalue weighted by Gasteiger charge is 2.14. The van der Waals surface area contributed by atoms with E-state index < -0.39 is 10.0 Å². The summed E-state index contributed by atoms with van der Waals surface area (Å²) in [5.41, 5.74) is 4.39. The number of para-hydroxylation sites is 1. The molecule has 0 bridgehead atoms. The van der Waals surface area contributed by atoms with Gasteiger partial charge in [-0.05, 0) is 28.3 Å². The second-order valence-corrected chi connectivity index (χ2v) is 8.77. The summed E-state index contributed by atoms with van der Waals surface area (Å²) in [7, 11) is -1.66. The summed E-state index contributed by atoms with van der Waals surface area (Å²) >= 11 is 0. The highest BCUT2D eigenvalue weighted by Crippen LogP contribution is 2.21. The summed E-state index contributed by atoms with van der Waals surface area (Å²) in [4.78, 5) is 14.3. The fourth-order valence-electron chi connectivity index (χ4n) is 3.07. The van der Waals surface area contributed by atoms with Crippen molar-refractivity contribution >= 4 is 21.6 Å². The number of likely N-dealkylation sites (N-methyl/N-ethyl adjacent to an activating group) is 1. The number of hydrogen-bond donors (Lipinski definition) is 1. The molecule has 1 amide bonds. The van der Waals surface area contributed by atoms with E-state index in [9.17, 15) is 13.2 Å². The smallest absolute Gasteiger partial charge is 0.229 e. The van der Waals surface area contributed by atoms with Gasteiger partial charge in [-0.25, -0.2) is 8.42 Å². The van der Waals surface area contributed by atoms with Crippen molar-refractivity contribution < 1.29 is 13.2 Å². The van der Waals surface area contributed by atoms with E-state index in [0.29, 0.717) is 17.8 Å². The van der Waals surface area contributed by atoms with Gasteiger partial charge in [0.2, 0.25) is 15.9 Å². The monoisotopic (exact) mass is 408 g/mol. The van der Waals surface area contributed by atoms with Crippen molar-refractivity contribution in [3.8, 4) is 11.1 Å². The van der Waals surface area contributed by atoms with Crippen LogP contribution in [0.1, 0.15) is 11.1 Å². The predicted octanol–water partition coefficient (Wildman–Crippen LogP) is 3.93. The van der Waals surface area contributed by atoms with Gasteiger partial charge in [0.15, 0.2) is 0 Å². The van der Waals surface area contributed by atoms with Gasteiger partial charge in [-0.15, -0.1) is 0 Å². The lowest BCUT2D eigenvalue weighted by atomic mass is 10.0. The van der Waals surface area contributed by atoms with Gasteiger partial charge in [0.25, 0.3) is 0 Å². The van der Waals surface area contributed by atoms with Gasteiger partial charge >= 0.3 is 0 Å². The van der Waals surface area contributed by atoms with Crippen LogP contribution in [-0.4, -0.2) is 32.5 Å². The molecule has 0 saturated heterocycles. The Hall–Kier alpha value is -3.12. The second-order valence-electron chi connectivity index (χ2n) is 7.02. The molecule has 1 N–H and O–H groups in total. The third-order valence-corrected chi connectivity index (χ3v) is 5.15. The van der Waals surface area contributed by atoms with E-state index in [1.807, 2.05) is 42.5 Å². The quantitative estimate of drug-likeness (QED) is 0.644. The fraction of sp³-hybridized carbons (Fsp3) is 0.174. The summed E-state index contributed by atoms with van der Waals surface area (Å²) in [6.07, 6.45) is 1.22. The molecular formula is C23H24N2O3S. The molecule has 150 valence electrons. The first-order valence-corrected chi connectivity index (χ1v) is 11.1. The molecule has 5 nitrogen and oxygen atoms in total. The minimum atomic E-state index is -3.41. The average Bonchev–Trinajstić information content (AvgIpc) is 2.69. The number of carbonyl (C=O) groups is 1. The first kappa shape index (κ1) is 20.6. The summed E-state index contributed by atoms with van der Waals surface area (Å²) < 4.78 is 25.5. The molecule has 0 unspecified atom stereocenters. The Labute approximate surface area is 172 Å². The molecular weight excluding hydrogens is 384 g/mol. The lowest BCUT2D eigenvalue weighted by molar-refractivity contribution is -0.129. The number of rotatable bonds is 7. The SMILES string of the molecule is CN(Cc1ccc(-c2ccccc2)cc1)C(=O)Cc1ccccc1NS(C)(=O)=O. The highest BCUT2D eigenvalue weighted by molar-refractivity contribution is 7.92. The first-order valence-electron chi connectivity index (χ1n) is 9.26. The van der Waals surface area contributed by atoms with Crippen LogP contribution >= 0.6 is 0 Å². The van der Waals surface area contributed by atoms with Crippen molar-refractivity contribution in [2.45, 2.75) is 13.0 Å². The molecule has 29 heavy (non-hydrogen) atoms. The Balaban J connectivity index is 1.66. The van der Waals surface area contributed by atoms with E-state index >= 15 is 0 Å². The normalized spacial score (nSPS) is 11.1. The van der Waals surface area contributed by atoms with Crippen LogP contribution < -0.4 is 4.72 Å². The molecule has 3 rings (SSSR count). The number of hydrogen-bond acceptors (Lipinski definition) is 3. The van der Waals surface area contributed by atoms with E-state index in [0.717, 1.165) is 22.9 Å².